The minimum absolute atomic E-state index is 0.217. The molecule has 0 amide bonds. The van der Waals surface area contributed by atoms with E-state index in [9.17, 15) is 18.0 Å². The Hall–Kier alpha value is -1.04. The number of rotatable bonds is 3. The van der Waals surface area contributed by atoms with Crippen molar-refractivity contribution in [3.05, 3.63) is 33.8 Å². The van der Waals surface area contributed by atoms with E-state index in [1.165, 1.54) is 0 Å². The van der Waals surface area contributed by atoms with Crippen LogP contribution in [0.15, 0.2) is 22.7 Å². The molecule has 6 heteroatoms. The molecule has 0 unspecified atom stereocenters. The Morgan fingerprint density at radius 2 is 2.00 bits per heavy atom. The van der Waals surface area contributed by atoms with Crippen molar-refractivity contribution in [3.8, 4) is 0 Å². The Balaban J connectivity index is 2.47. The zero-order valence-electron chi connectivity index (χ0n) is 11.8. The third kappa shape index (κ3) is 3.10. The molecular weight excluding hydrogens is 349 g/mol. The zero-order chi connectivity index (χ0) is 15.8. The predicted molar refractivity (Wildman–Crippen MR) is 75.9 cm³/mol. The van der Waals surface area contributed by atoms with Crippen LogP contribution < -0.4 is 0 Å². The molecule has 1 aromatic rings. The molecule has 0 saturated heterocycles. The highest BCUT2D eigenvalue weighted by atomic mass is 79.9. The van der Waals surface area contributed by atoms with Crippen LogP contribution in [0, 0.1) is 5.92 Å². The third-order valence-electron chi connectivity index (χ3n) is 3.84. The van der Waals surface area contributed by atoms with Crippen molar-refractivity contribution in [1.29, 1.82) is 0 Å². The van der Waals surface area contributed by atoms with Gasteiger partial charge in [-0.25, -0.2) is 0 Å². The first-order valence-corrected chi connectivity index (χ1v) is 7.54. The average Bonchev–Trinajstić information content (AvgIpc) is 2.33. The van der Waals surface area contributed by atoms with E-state index in [0.717, 1.165) is 12.1 Å². The van der Waals surface area contributed by atoms with E-state index < -0.39 is 23.1 Å². The average molecular weight is 365 g/mol. The van der Waals surface area contributed by atoms with Crippen molar-refractivity contribution in [1.82, 2.24) is 0 Å². The van der Waals surface area contributed by atoms with Crippen LogP contribution in [-0.4, -0.2) is 12.6 Å². The molecule has 1 aliphatic rings. The highest BCUT2D eigenvalue weighted by Gasteiger charge is 2.51. The summed E-state index contributed by atoms with van der Waals surface area (Å²) in [5.41, 5.74) is -1.32. The van der Waals surface area contributed by atoms with Gasteiger partial charge in [-0.2, -0.15) is 13.2 Å². The summed E-state index contributed by atoms with van der Waals surface area (Å²) >= 11 is 3.10. The fourth-order valence-electron chi connectivity index (χ4n) is 2.95. The largest absolute Gasteiger partial charge is 0.465 e. The SMILES string of the molecule is CCOC(=O)C1(c2cc(Br)cc(C(F)(F)F)c2)CC(C)C1. The van der Waals surface area contributed by atoms with Gasteiger partial charge < -0.3 is 4.74 Å². The van der Waals surface area contributed by atoms with Crippen molar-refractivity contribution in [3.63, 3.8) is 0 Å². The molecule has 1 fully saturated rings. The summed E-state index contributed by atoms with van der Waals surface area (Å²) in [4.78, 5) is 12.2. The maximum Gasteiger partial charge on any atom is 0.416 e. The van der Waals surface area contributed by atoms with Crippen LogP contribution in [0.3, 0.4) is 0 Å². The summed E-state index contributed by atoms with van der Waals surface area (Å²) in [6.45, 7) is 3.88. The molecule has 1 aliphatic carbocycles. The van der Waals surface area contributed by atoms with Crippen molar-refractivity contribution in [2.24, 2.45) is 5.92 Å². The van der Waals surface area contributed by atoms with Crippen molar-refractivity contribution < 1.29 is 22.7 Å². The first-order valence-electron chi connectivity index (χ1n) is 6.74. The van der Waals surface area contributed by atoms with E-state index in [1.54, 1.807) is 13.0 Å². The maximum atomic E-state index is 12.9. The lowest BCUT2D eigenvalue weighted by Gasteiger charge is -2.44. The second-order valence-corrected chi connectivity index (χ2v) is 6.46. The van der Waals surface area contributed by atoms with E-state index in [4.69, 9.17) is 4.74 Å². The maximum absolute atomic E-state index is 12.9. The topological polar surface area (TPSA) is 26.3 Å². The van der Waals surface area contributed by atoms with Gasteiger partial charge in [0.05, 0.1) is 17.6 Å². The number of hydrogen-bond donors (Lipinski definition) is 0. The number of ether oxygens (including phenoxy) is 1. The van der Waals surface area contributed by atoms with Gasteiger partial charge >= 0.3 is 12.1 Å². The fraction of sp³-hybridized carbons (Fsp3) is 0.533. The van der Waals surface area contributed by atoms with Crippen LogP contribution in [0.1, 0.15) is 37.8 Å². The van der Waals surface area contributed by atoms with Gasteiger partial charge in [0.15, 0.2) is 0 Å². The van der Waals surface area contributed by atoms with Gasteiger partial charge in [-0.1, -0.05) is 22.9 Å². The van der Waals surface area contributed by atoms with Gasteiger partial charge in [0.1, 0.15) is 0 Å². The number of esters is 1. The molecule has 0 N–H and O–H groups in total. The number of carbonyl (C=O) groups excluding carboxylic acids is 1. The molecule has 0 heterocycles. The minimum atomic E-state index is -4.44. The quantitative estimate of drug-likeness (QED) is 0.726. The molecule has 0 spiro atoms. The van der Waals surface area contributed by atoms with Crippen molar-refractivity contribution in [2.45, 2.75) is 38.3 Å². The number of hydrogen-bond acceptors (Lipinski definition) is 2. The van der Waals surface area contributed by atoms with Gasteiger partial charge in [0.2, 0.25) is 0 Å². The Kier molecular flexibility index (Phi) is 4.38. The fourth-order valence-corrected chi connectivity index (χ4v) is 3.44. The van der Waals surface area contributed by atoms with Gasteiger partial charge in [-0.15, -0.1) is 0 Å². The Morgan fingerprint density at radius 1 is 1.38 bits per heavy atom. The highest BCUT2D eigenvalue weighted by molar-refractivity contribution is 9.10. The number of carbonyl (C=O) groups is 1. The Bertz CT molecular complexity index is 548. The number of halogens is 4. The molecule has 2 rings (SSSR count). The first kappa shape index (κ1) is 16.3. The summed E-state index contributed by atoms with van der Waals surface area (Å²) in [5.74, 6) is -0.142. The monoisotopic (exact) mass is 364 g/mol. The molecule has 0 radical (unpaired) electrons. The second kappa shape index (κ2) is 5.63. The highest BCUT2D eigenvalue weighted by Crippen LogP contribution is 2.50. The van der Waals surface area contributed by atoms with E-state index in [0.29, 0.717) is 28.8 Å². The molecule has 0 aliphatic heterocycles. The smallest absolute Gasteiger partial charge is 0.416 e. The summed E-state index contributed by atoms with van der Waals surface area (Å²) in [6, 6.07) is 3.66. The van der Waals surface area contributed by atoms with Crippen LogP contribution in [0.4, 0.5) is 13.2 Å². The van der Waals surface area contributed by atoms with Crippen LogP contribution in [0.25, 0.3) is 0 Å². The lowest BCUT2D eigenvalue weighted by molar-refractivity contribution is -0.156. The van der Waals surface area contributed by atoms with Crippen LogP contribution in [0.2, 0.25) is 0 Å². The summed E-state index contributed by atoms with van der Waals surface area (Å²) < 4.78 is 44.2. The summed E-state index contributed by atoms with van der Waals surface area (Å²) in [7, 11) is 0. The summed E-state index contributed by atoms with van der Waals surface area (Å²) in [6.07, 6.45) is -3.41. The molecule has 21 heavy (non-hydrogen) atoms. The standard InChI is InChI=1S/C15H16BrF3O2/c1-3-21-13(20)14(7-9(2)8-14)10-4-11(15(17,18)19)6-12(16)5-10/h4-6,9H,3,7-8H2,1-2H3. The second-order valence-electron chi connectivity index (χ2n) is 5.54. The minimum Gasteiger partial charge on any atom is -0.465 e. The third-order valence-corrected chi connectivity index (χ3v) is 4.30. The molecule has 116 valence electrons. The first-order chi connectivity index (χ1) is 9.69. The normalized spacial score (nSPS) is 25.3. The van der Waals surface area contributed by atoms with E-state index in [2.05, 4.69) is 15.9 Å². The molecule has 2 nitrogen and oxygen atoms in total. The van der Waals surface area contributed by atoms with Crippen molar-refractivity contribution >= 4 is 21.9 Å². The molecule has 0 aromatic heterocycles. The van der Waals surface area contributed by atoms with Gasteiger partial charge in [0, 0.05) is 4.47 Å². The van der Waals surface area contributed by atoms with E-state index in [1.807, 2.05) is 6.92 Å². The van der Waals surface area contributed by atoms with Gasteiger partial charge in [0.25, 0.3) is 0 Å². The molecule has 0 atom stereocenters. The Morgan fingerprint density at radius 3 is 2.48 bits per heavy atom. The zero-order valence-corrected chi connectivity index (χ0v) is 13.3. The lowest BCUT2D eigenvalue weighted by atomic mass is 9.59. The Labute approximate surface area is 129 Å². The van der Waals surface area contributed by atoms with E-state index in [-0.39, 0.29) is 6.61 Å². The number of benzene rings is 1. The van der Waals surface area contributed by atoms with Crippen LogP contribution in [-0.2, 0) is 21.1 Å². The molecule has 0 bridgehead atoms. The van der Waals surface area contributed by atoms with Crippen LogP contribution in [0.5, 0.6) is 0 Å². The summed E-state index contributed by atoms with van der Waals surface area (Å²) in [5, 5.41) is 0. The lowest BCUT2D eigenvalue weighted by Crippen LogP contribution is -2.48. The predicted octanol–water partition coefficient (Wildman–Crippen LogP) is 4.70. The molecule has 1 aromatic carbocycles. The van der Waals surface area contributed by atoms with Crippen molar-refractivity contribution in [2.75, 3.05) is 6.61 Å². The molecule has 1 saturated carbocycles. The number of alkyl halides is 3. The van der Waals surface area contributed by atoms with E-state index >= 15 is 0 Å². The van der Waals surface area contributed by atoms with Gasteiger partial charge in [-0.3, -0.25) is 4.79 Å². The molecular formula is C15H16BrF3O2. The van der Waals surface area contributed by atoms with Crippen LogP contribution >= 0.6 is 15.9 Å². The van der Waals surface area contributed by atoms with Gasteiger partial charge in [-0.05, 0) is 49.4 Å².